The standard InChI is InChI=1S/C10H14N4O2/c1-14-6-5-11-8(10(14)16)13-7-3-2-4-12-9(7)15/h5-7H,2-4H2,1H3,(H,11,13)(H,12,15). The Morgan fingerprint density at radius 3 is 3.12 bits per heavy atom. The van der Waals surface area contributed by atoms with Gasteiger partial charge in [-0.2, -0.15) is 0 Å². The van der Waals surface area contributed by atoms with Crippen molar-refractivity contribution < 1.29 is 4.79 Å². The molecule has 0 aromatic carbocycles. The zero-order chi connectivity index (χ0) is 11.5. The molecule has 6 heteroatoms. The fourth-order valence-electron chi connectivity index (χ4n) is 1.67. The lowest BCUT2D eigenvalue weighted by atomic mass is 10.1. The van der Waals surface area contributed by atoms with Gasteiger partial charge >= 0.3 is 0 Å². The molecule has 6 nitrogen and oxygen atoms in total. The van der Waals surface area contributed by atoms with Crippen molar-refractivity contribution in [2.75, 3.05) is 11.9 Å². The average Bonchev–Trinajstić information content (AvgIpc) is 2.28. The minimum atomic E-state index is -0.351. The summed E-state index contributed by atoms with van der Waals surface area (Å²) in [5.74, 6) is 0.158. The Balaban J connectivity index is 2.17. The Bertz CT molecular complexity index is 454. The van der Waals surface area contributed by atoms with E-state index >= 15 is 0 Å². The molecule has 1 aliphatic heterocycles. The first kappa shape index (κ1) is 10.7. The van der Waals surface area contributed by atoms with E-state index in [1.807, 2.05) is 0 Å². The second-order valence-corrected chi connectivity index (χ2v) is 3.82. The van der Waals surface area contributed by atoms with Crippen molar-refractivity contribution >= 4 is 11.7 Å². The van der Waals surface area contributed by atoms with Crippen LogP contribution in [0.3, 0.4) is 0 Å². The molecule has 1 aromatic rings. The largest absolute Gasteiger partial charge is 0.354 e. The minimum Gasteiger partial charge on any atom is -0.354 e. The number of carbonyl (C=O) groups is 1. The highest BCUT2D eigenvalue weighted by atomic mass is 16.2. The summed E-state index contributed by atoms with van der Waals surface area (Å²) in [6.45, 7) is 0.706. The molecule has 0 bridgehead atoms. The summed E-state index contributed by atoms with van der Waals surface area (Å²) in [7, 11) is 1.65. The molecule has 0 radical (unpaired) electrons. The number of nitrogens with zero attached hydrogens (tertiary/aromatic N) is 2. The molecule has 1 atom stereocenters. The number of nitrogens with one attached hydrogen (secondary N) is 2. The first-order chi connectivity index (χ1) is 7.68. The Kier molecular flexibility index (Phi) is 2.89. The Morgan fingerprint density at radius 2 is 2.38 bits per heavy atom. The Hall–Kier alpha value is -1.85. The fourth-order valence-corrected chi connectivity index (χ4v) is 1.67. The van der Waals surface area contributed by atoms with Gasteiger partial charge in [0, 0.05) is 26.0 Å². The summed E-state index contributed by atoms with van der Waals surface area (Å²) in [5, 5.41) is 5.63. The molecule has 86 valence electrons. The van der Waals surface area contributed by atoms with Gasteiger partial charge in [-0.25, -0.2) is 4.98 Å². The summed E-state index contributed by atoms with van der Waals surface area (Å²) < 4.78 is 1.43. The zero-order valence-corrected chi connectivity index (χ0v) is 9.06. The van der Waals surface area contributed by atoms with Crippen LogP contribution < -0.4 is 16.2 Å². The van der Waals surface area contributed by atoms with Gasteiger partial charge in [-0.05, 0) is 12.8 Å². The van der Waals surface area contributed by atoms with Gasteiger partial charge in [-0.1, -0.05) is 0 Å². The van der Waals surface area contributed by atoms with E-state index in [-0.39, 0.29) is 23.3 Å². The van der Waals surface area contributed by atoms with E-state index < -0.39 is 0 Å². The van der Waals surface area contributed by atoms with E-state index in [1.54, 1.807) is 13.2 Å². The molecular weight excluding hydrogens is 208 g/mol. The van der Waals surface area contributed by atoms with Crippen molar-refractivity contribution in [1.29, 1.82) is 0 Å². The number of carbonyl (C=O) groups excluding carboxylic acids is 1. The number of anilines is 1. The summed E-state index contributed by atoms with van der Waals surface area (Å²) in [4.78, 5) is 27.1. The number of aryl methyl sites for hydroxylation is 1. The number of rotatable bonds is 2. The van der Waals surface area contributed by atoms with Gasteiger partial charge in [0.1, 0.15) is 6.04 Å². The molecular formula is C10H14N4O2. The van der Waals surface area contributed by atoms with E-state index in [9.17, 15) is 9.59 Å². The van der Waals surface area contributed by atoms with E-state index in [0.717, 1.165) is 12.8 Å². The predicted molar refractivity (Wildman–Crippen MR) is 59.1 cm³/mol. The summed E-state index contributed by atoms with van der Waals surface area (Å²) in [6.07, 6.45) is 4.75. The zero-order valence-electron chi connectivity index (χ0n) is 9.06. The number of hydrogen-bond donors (Lipinski definition) is 2. The number of amides is 1. The molecule has 2 rings (SSSR count). The quantitative estimate of drug-likeness (QED) is 0.705. The van der Waals surface area contributed by atoms with Crippen molar-refractivity contribution in [3.8, 4) is 0 Å². The molecule has 0 aliphatic carbocycles. The number of hydrogen-bond acceptors (Lipinski definition) is 4. The molecule has 2 N–H and O–H groups in total. The monoisotopic (exact) mass is 222 g/mol. The van der Waals surface area contributed by atoms with Crippen LogP contribution in [0.4, 0.5) is 5.82 Å². The van der Waals surface area contributed by atoms with E-state index in [0.29, 0.717) is 6.54 Å². The van der Waals surface area contributed by atoms with E-state index in [4.69, 9.17) is 0 Å². The normalized spacial score (nSPS) is 20.3. The maximum atomic E-state index is 11.7. The summed E-state index contributed by atoms with van der Waals surface area (Å²) in [6, 6.07) is -0.351. The predicted octanol–water partition coefficient (Wildman–Crippen LogP) is -0.529. The van der Waals surface area contributed by atoms with Crippen LogP contribution in [0.25, 0.3) is 0 Å². The van der Waals surface area contributed by atoms with Crippen LogP contribution in [-0.2, 0) is 11.8 Å². The van der Waals surface area contributed by atoms with E-state index in [1.165, 1.54) is 10.8 Å². The molecule has 0 saturated carbocycles. The van der Waals surface area contributed by atoms with E-state index in [2.05, 4.69) is 15.6 Å². The SMILES string of the molecule is Cn1ccnc(NC2CCCNC2=O)c1=O. The highest BCUT2D eigenvalue weighted by molar-refractivity contribution is 5.84. The molecule has 1 amide bonds. The van der Waals surface area contributed by atoms with Crippen molar-refractivity contribution in [2.45, 2.75) is 18.9 Å². The highest BCUT2D eigenvalue weighted by Crippen LogP contribution is 2.07. The van der Waals surface area contributed by atoms with Crippen molar-refractivity contribution in [2.24, 2.45) is 7.05 Å². The molecule has 16 heavy (non-hydrogen) atoms. The third-order valence-electron chi connectivity index (χ3n) is 2.61. The third kappa shape index (κ3) is 2.05. The van der Waals surface area contributed by atoms with Crippen LogP contribution in [0, 0.1) is 0 Å². The van der Waals surface area contributed by atoms with Crippen LogP contribution in [0.15, 0.2) is 17.2 Å². The van der Waals surface area contributed by atoms with Crippen LogP contribution in [0.2, 0.25) is 0 Å². The van der Waals surface area contributed by atoms with Crippen molar-refractivity contribution in [1.82, 2.24) is 14.9 Å². The summed E-state index contributed by atoms with van der Waals surface area (Å²) in [5.41, 5.74) is -0.221. The topological polar surface area (TPSA) is 76.0 Å². The van der Waals surface area contributed by atoms with Gasteiger partial charge in [0.15, 0.2) is 5.82 Å². The molecule has 2 heterocycles. The third-order valence-corrected chi connectivity index (χ3v) is 2.61. The van der Waals surface area contributed by atoms with Crippen LogP contribution >= 0.6 is 0 Å². The molecule has 0 spiro atoms. The summed E-state index contributed by atoms with van der Waals surface area (Å²) >= 11 is 0. The number of aromatic nitrogens is 2. The van der Waals surface area contributed by atoms with Gasteiger partial charge in [-0.15, -0.1) is 0 Å². The lowest BCUT2D eigenvalue weighted by Crippen LogP contribution is -2.45. The maximum Gasteiger partial charge on any atom is 0.293 e. The van der Waals surface area contributed by atoms with Crippen LogP contribution in [-0.4, -0.2) is 28.0 Å². The lowest BCUT2D eigenvalue weighted by Gasteiger charge is -2.22. The molecule has 1 aromatic heterocycles. The molecule has 1 aliphatic rings. The Morgan fingerprint density at radius 1 is 1.56 bits per heavy atom. The van der Waals surface area contributed by atoms with Crippen LogP contribution in [0.5, 0.6) is 0 Å². The second kappa shape index (κ2) is 4.34. The number of piperidine rings is 1. The van der Waals surface area contributed by atoms with Crippen molar-refractivity contribution in [3.05, 3.63) is 22.7 Å². The van der Waals surface area contributed by atoms with Gasteiger partial charge in [0.2, 0.25) is 5.91 Å². The first-order valence-electron chi connectivity index (χ1n) is 5.24. The fraction of sp³-hybridized carbons (Fsp3) is 0.500. The van der Waals surface area contributed by atoms with Crippen LogP contribution in [0.1, 0.15) is 12.8 Å². The van der Waals surface area contributed by atoms with Gasteiger partial charge < -0.3 is 15.2 Å². The van der Waals surface area contributed by atoms with Crippen molar-refractivity contribution in [3.63, 3.8) is 0 Å². The molecule has 1 fully saturated rings. The highest BCUT2D eigenvalue weighted by Gasteiger charge is 2.22. The Labute approximate surface area is 92.7 Å². The van der Waals surface area contributed by atoms with Gasteiger partial charge in [0.05, 0.1) is 0 Å². The molecule has 1 unspecified atom stereocenters. The van der Waals surface area contributed by atoms with Gasteiger partial charge in [-0.3, -0.25) is 9.59 Å². The first-order valence-corrected chi connectivity index (χ1v) is 5.24. The maximum absolute atomic E-state index is 11.7. The van der Waals surface area contributed by atoms with Gasteiger partial charge in [0.25, 0.3) is 5.56 Å². The minimum absolute atomic E-state index is 0.0704. The average molecular weight is 222 g/mol. The smallest absolute Gasteiger partial charge is 0.293 e. The molecule has 1 saturated heterocycles. The lowest BCUT2D eigenvalue weighted by molar-refractivity contribution is -0.123. The second-order valence-electron chi connectivity index (χ2n) is 3.82.